The van der Waals surface area contributed by atoms with Gasteiger partial charge in [-0.3, -0.25) is 0 Å². The van der Waals surface area contributed by atoms with Crippen LogP contribution in [-0.2, 0) is 6.42 Å². The van der Waals surface area contributed by atoms with E-state index in [0.717, 1.165) is 6.07 Å². The predicted octanol–water partition coefficient (Wildman–Crippen LogP) is 4.76. The molecule has 1 unspecified atom stereocenters. The molecule has 2 aromatic carbocycles. The molecule has 112 valence electrons. The molecule has 0 aliphatic heterocycles. The quantitative estimate of drug-likeness (QED) is 0.813. The summed E-state index contributed by atoms with van der Waals surface area (Å²) < 4.78 is 41.3. The molecule has 0 fully saturated rings. The molecule has 1 N–H and O–H groups in total. The van der Waals surface area contributed by atoms with Gasteiger partial charge in [-0.05, 0) is 42.8 Å². The van der Waals surface area contributed by atoms with Crippen molar-refractivity contribution in [1.82, 2.24) is 5.32 Å². The summed E-state index contributed by atoms with van der Waals surface area (Å²) in [6, 6.07) is 7.71. The smallest absolute Gasteiger partial charge is 0.129 e. The number of benzene rings is 2. The van der Waals surface area contributed by atoms with Crippen molar-refractivity contribution in [3.63, 3.8) is 0 Å². The van der Waals surface area contributed by atoms with Crippen LogP contribution in [0.1, 0.15) is 24.1 Å². The maximum Gasteiger partial charge on any atom is 0.129 e. The lowest BCUT2D eigenvalue weighted by Gasteiger charge is -2.20. The minimum absolute atomic E-state index is 0.294. The minimum Gasteiger partial charge on any atom is -0.310 e. The predicted molar refractivity (Wildman–Crippen MR) is 80.6 cm³/mol. The van der Waals surface area contributed by atoms with Gasteiger partial charge in [-0.15, -0.1) is 0 Å². The van der Waals surface area contributed by atoms with Crippen molar-refractivity contribution in [3.05, 3.63) is 69.4 Å². The van der Waals surface area contributed by atoms with Crippen LogP contribution in [0.25, 0.3) is 0 Å². The Hall–Kier alpha value is -1.33. The van der Waals surface area contributed by atoms with Crippen LogP contribution >= 0.6 is 15.9 Å². The molecule has 0 heterocycles. The normalized spacial score (nSPS) is 12.4. The largest absolute Gasteiger partial charge is 0.310 e. The van der Waals surface area contributed by atoms with Crippen LogP contribution in [-0.4, -0.2) is 6.54 Å². The fourth-order valence-electron chi connectivity index (χ4n) is 2.33. The first-order valence-corrected chi connectivity index (χ1v) is 7.42. The van der Waals surface area contributed by atoms with Gasteiger partial charge in [-0.2, -0.15) is 0 Å². The second-order valence-electron chi connectivity index (χ2n) is 4.73. The van der Waals surface area contributed by atoms with E-state index >= 15 is 0 Å². The Kier molecular flexibility index (Phi) is 5.42. The molecular weight excluding hydrogens is 343 g/mol. The minimum atomic E-state index is -0.632. The second kappa shape index (κ2) is 7.09. The Morgan fingerprint density at radius 2 is 1.76 bits per heavy atom. The fourth-order valence-corrected chi connectivity index (χ4v) is 2.95. The van der Waals surface area contributed by atoms with Gasteiger partial charge in [-0.1, -0.05) is 28.9 Å². The summed E-state index contributed by atoms with van der Waals surface area (Å²) in [6.07, 6.45) is 0.294. The van der Waals surface area contributed by atoms with Crippen LogP contribution in [0.4, 0.5) is 13.2 Å². The maximum absolute atomic E-state index is 14.1. The molecule has 1 atom stereocenters. The zero-order valence-corrected chi connectivity index (χ0v) is 13.1. The molecule has 2 aromatic rings. The van der Waals surface area contributed by atoms with Crippen molar-refractivity contribution in [1.29, 1.82) is 0 Å². The van der Waals surface area contributed by atoms with Gasteiger partial charge < -0.3 is 5.32 Å². The van der Waals surface area contributed by atoms with Gasteiger partial charge in [0.15, 0.2) is 0 Å². The SMILES string of the molecule is CCNC(Cc1cc(F)cc(F)c1)c1c(F)cccc1Br. The Labute approximate surface area is 130 Å². The average Bonchev–Trinajstić information content (AvgIpc) is 2.37. The van der Waals surface area contributed by atoms with E-state index in [4.69, 9.17) is 0 Å². The molecule has 0 aliphatic carbocycles. The highest BCUT2D eigenvalue weighted by atomic mass is 79.9. The third kappa shape index (κ3) is 4.08. The van der Waals surface area contributed by atoms with Crippen molar-refractivity contribution in [3.8, 4) is 0 Å². The molecule has 0 saturated heterocycles. The number of hydrogen-bond donors (Lipinski definition) is 1. The monoisotopic (exact) mass is 357 g/mol. The van der Waals surface area contributed by atoms with E-state index in [0.29, 0.717) is 28.6 Å². The van der Waals surface area contributed by atoms with E-state index in [1.165, 1.54) is 18.2 Å². The van der Waals surface area contributed by atoms with Gasteiger partial charge in [-0.25, -0.2) is 13.2 Å². The van der Waals surface area contributed by atoms with Crippen LogP contribution in [0.5, 0.6) is 0 Å². The third-order valence-corrected chi connectivity index (χ3v) is 3.85. The van der Waals surface area contributed by atoms with Gasteiger partial charge in [0.2, 0.25) is 0 Å². The number of hydrogen-bond acceptors (Lipinski definition) is 1. The van der Waals surface area contributed by atoms with Crippen LogP contribution < -0.4 is 5.32 Å². The summed E-state index contributed by atoms with van der Waals surface area (Å²) in [5.74, 6) is -1.62. The van der Waals surface area contributed by atoms with Crippen molar-refractivity contribution in [2.24, 2.45) is 0 Å². The van der Waals surface area contributed by atoms with E-state index in [1.54, 1.807) is 12.1 Å². The highest BCUT2D eigenvalue weighted by molar-refractivity contribution is 9.10. The van der Waals surface area contributed by atoms with Crippen molar-refractivity contribution < 1.29 is 13.2 Å². The van der Waals surface area contributed by atoms with Gasteiger partial charge in [0.1, 0.15) is 17.5 Å². The first-order chi connectivity index (χ1) is 10.0. The molecule has 0 aromatic heterocycles. The number of nitrogens with one attached hydrogen (secondary N) is 1. The molecule has 1 nitrogen and oxygen atoms in total. The van der Waals surface area contributed by atoms with Gasteiger partial charge in [0.25, 0.3) is 0 Å². The molecule has 21 heavy (non-hydrogen) atoms. The lowest BCUT2D eigenvalue weighted by atomic mass is 9.98. The fraction of sp³-hybridized carbons (Fsp3) is 0.250. The highest BCUT2D eigenvalue weighted by Gasteiger charge is 2.19. The standard InChI is InChI=1S/C16H15BrF3N/c1-2-21-15(16-13(17)4-3-5-14(16)20)8-10-6-11(18)9-12(19)7-10/h3-7,9,15,21H,2,8H2,1H3. The third-order valence-electron chi connectivity index (χ3n) is 3.16. The van der Waals surface area contributed by atoms with Gasteiger partial charge in [0, 0.05) is 22.1 Å². The van der Waals surface area contributed by atoms with Crippen LogP contribution in [0.2, 0.25) is 0 Å². The molecule has 0 spiro atoms. The van der Waals surface area contributed by atoms with E-state index in [1.807, 2.05) is 6.92 Å². The Balaban J connectivity index is 2.35. The average molecular weight is 358 g/mol. The van der Waals surface area contributed by atoms with Crippen molar-refractivity contribution in [2.75, 3.05) is 6.54 Å². The lowest BCUT2D eigenvalue weighted by molar-refractivity contribution is 0.504. The zero-order chi connectivity index (χ0) is 15.4. The molecule has 0 saturated carbocycles. The Morgan fingerprint density at radius 1 is 1.10 bits per heavy atom. The molecule has 0 aliphatic rings. The number of halogens is 4. The zero-order valence-electron chi connectivity index (χ0n) is 11.5. The second-order valence-corrected chi connectivity index (χ2v) is 5.58. The van der Waals surface area contributed by atoms with E-state index in [-0.39, 0.29) is 11.9 Å². The molecule has 0 bridgehead atoms. The van der Waals surface area contributed by atoms with Gasteiger partial charge >= 0.3 is 0 Å². The topological polar surface area (TPSA) is 12.0 Å². The summed E-state index contributed by atoms with van der Waals surface area (Å²) >= 11 is 3.33. The van der Waals surface area contributed by atoms with E-state index in [2.05, 4.69) is 21.2 Å². The van der Waals surface area contributed by atoms with E-state index < -0.39 is 11.6 Å². The van der Waals surface area contributed by atoms with E-state index in [9.17, 15) is 13.2 Å². The summed E-state index contributed by atoms with van der Waals surface area (Å²) in [5.41, 5.74) is 0.942. The summed E-state index contributed by atoms with van der Waals surface area (Å²) in [5, 5.41) is 3.15. The first kappa shape index (κ1) is 16.0. The number of likely N-dealkylation sites (N-methyl/N-ethyl adjacent to an activating group) is 1. The molecule has 5 heteroatoms. The Bertz CT molecular complexity index is 590. The molecule has 0 amide bonds. The first-order valence-electron chi connectivity index (χ1n) is 6.63. The van der Waals surface area contributed by atoms with Crippen LogP contribution in [0.3, 0.4) is 0 Å². The summed E-state index contributed by atoms with van der Waals surface area (Å²) in [6.45, 7) is 2.51. The molecule has 0 radical (unpaired) electrons. The molecule has 2 rings (SSSR count). The van der Waals surface area contributed by atoms with Crippen LogP contribution in [0, 0.1) is 17.5 Å². The van der Waals surface area contributed by atoms with Crippen molar-refractivity contribution in [2.45, 2.75) is 19.4 Å². The maximum atomic E-state index is 14.1. The summed E-state index contributed by atoms with van der Waals surface area (Å²) in [4.78, 5) is 0. The lowest BCUT2D eigenvalue weighted by Crippen LogP contribution is -2.24. The molecular formula is C16H15BrF3N. The summed E-state index contributed by atoms with van der Waals surface area (Å²) in [7, 11) is 0. The van der Waals surface area contributed by atoms with Gasteiger partial charge in [0.05, 0.1) is 0 Å². The van der Waals surface area contributed by atoms with Crippen LogP contribution in [0.15, 0.2) is 40.9 Å². The number of rotatable bonds is 5. The highest BCUT2D eigenvalue weighted by Crippen LogP contribution is 2.29. The Morgan fingerprint density at radius 3 is 2.33 bits per heavy atom. The van der Waals surface area contributed by atoms with Crippen molar-refractivity contribution >= 4 is 15.9 Å².